The molecule has 9 rings (SSSR count). The molecular formula is C45H29N3S. The second-order valence-corrected chi connectivity index (χ2v) is 13.1. The molecule has 0 saturated heterocycles. The lowest BCUT2D eigenvalue weighted by Crippen LogP contribution is -2.00. The fourth-order valence-electron chi connectivity index (χ4n) is 6.47. The van der Waals surface area contributed by atoms with Crippen LogP contribution in [0.5, 0.6) is 0 Å². The Hall–Kier alpha value is -6.23. The first-order valence-electron chi connectivity index (χ1n) is 16.4. The first kappa shape index (κ1) is 29.0. The van der Waals surface area contributed by atoms with Gasteiger partial charge in [0.15, 0.2) is 17.5 Å². The number of aromatic nitrogens is 3. The summed E-state index contributed by atoms with van der Waals surface area (Å²) in [6, 6.07) is 61.6. The monoisotopic (exact) mass is 643 g/mol. The molecule has 4 heteroatoms. The summed E-state index contributed by atoms with van der Waals surface area (Å²) in [5, 5.41) is 2.53. The molecule has 2 aromatic heterocycles. The molecule has 0 amide bonds. The van der Waals surface area contributed by atoms with Crippen molar-refractivity contribution in [2.45, 2.75) is 0 Å². The molecule has 0 aliphatic heterocycles. The molecule has 0 fully saturated rings. The third kappa shape index (κ3) is 5.58. The van der Waals surface area contributed by atoms with Crippen LogP contribution >= 0.6 is 11.3 Å². The number of thiophene rings is 1. The van der Waals surface area contributed by atoms with E-state index in [1.807, 2.05) is 23.5 Å². The minimum atomic E-state index is 0.648. The minimum absolute atomic E-state index is 0.648. The standard InChI is InChI=1S/C45H29N3S/c1-4-11-30(12-5-1)32-19-23-35(24-20-32)43-46-44(36-25-21-33(22-26-36)31-13-6-2-7-14-31)48-45(47-43)37-27-28-39-41(29-37)49-40-18-10-17-38(42(39)40)34-15-8-3-9-16-34/h1-29H. The summed E-state index contributed by atoms with van der Waals surface area (Å²) < 4.78 is 2.47. The number of rotatable bonds is 6. The second kappa shape index (κ2) is 12.4. The highest BCUT2D eigenvalue weighted by Gasteiger charge is 2.16. The molecule has 0 saturated carbocycles. The fourth-order valence-corrected chi connectivity index (χ4v) is 7.64. The highest BCUT2D eigenvalue weighted by Crippen LogP contribution is 2.41. The Kier molecular flexibility index (Phi) is 7.34. The quantitative estimate of drug-likeness (QED) is 0.181. The fraction of sp³-hybridized carbons (Fsp3) is 0. The third-order valence-corrected chi connectivity index (χ3v) is 10.1. The first-order valence-corrected chi connectivity index (χ1v) is 17.2. The van der Waals surface area contributed by atoms with Gasteiger partial charge in [0.25, 0.3) is 0 Å². The van der Waals surface area contributed by atoms with Crippen LogP contribution in [0.25, 0.3) is 87.7 Å². The predicted octanol–water partition coefficient (Wildman–Crippen LogP) is 12.2. The lowest BCUT2D eigenvalue weighted by Gasteiger charge is -2.10. The summed E-state index contributed by atoms with van der Waals surface area (Å²) in [5.74, 6) is 1.95. The van der Waals surface area contributed by atoms with Crippen LogP contribution in [0.15, 0.2) is 176 Å². The van der Waals surface area contributed by atoms with Crippen molar-refractivity contribution in [3.8, 4) is 67.5 Å². The van der Waals surface area contributed by atoms with Gasteiger partial charge < -0.3 is 0 Å². The maximum atomic E-state index is 5.08. The summed E-state index contributed by atoms with van der Waals surface area (Å²) in [4.78, 5) is 15.2. The largest absolute Gasteiger partial charge is 0.208 e. The van der Waals surface area contributed by atoms with E-state index in [1.54, 1.807) is 0 Å². The van der Waals surface area contributed by atoms with Crippen molar-refractivity contribution in [1.82, 2.24) is 15.0 Å². The Bertz CT molecular complexity index is 2460. The Morgan fingerprint density at radius 2 is 0.735 bits per heavy atom. The Labute approximate surface area is 288 Å². The summed E-state index contributed by atoms with van der Waals surface area (Å²) in [6.07, 6.45) is 0. The van der Waals surface area contributed by atoms with Crippen LogP contribution in [0, 0.1) is 0 Å². The van der Waals surface area contributed by atoms with Gasteiger partial charge in [-0.05, 0) is 45.5 Å². The maximum absolute atomic E-state index is 5.08. The van der Waals surface area contributed by atoms with Crippen LogP contribution < -0.4 is 0 Å². The van der Waals surface area contributed by atoms with E-state index in [-0.39, 0.29) is 0 Å². The van der Waals surface area contributed by atoms with Crippen LogP contribution in [-0.4, -0.2) is 15.0 Å². The van der Waals surface area contributed by atoms with Crippen LogP contribution in [0.3, 0.4) is 0 Å². The van der Waals surface area contributed by atoms with Crippen molar-refractivity contribution in [3.63, 3.8) is 0 Å². The summed E-state index contributed by atoms with van der Waals surface area (Å²) in [6.45, 7) is 0. The van der Waals surface area contributed by atoms with Gasteiger partial charge in [0.05, 0.1) is 0 Å². The van der Waals surface area contributed by atoms with E-state index >= 15 is 0 Å². The zero-order chi connectivity index (χ0) is 32.6. The van der Waals surface area contributed by atoms with Crippen LogP contribution in [0.2, 0.25) is 0 Å². The van der Waals surface area contributed by atoms with Gasteiger partial charge >= 0.3 is 0 Å². The smallest absolute Gasteiger partial charge is 0.164 e. The third-order valence-electron chi connectivity index (χ3n) is 8.98. The van der Waals surface area contributed by atoms with E-state index in [9.17, 15) is 0 Å². The molecule has 7 aromatic carbocycles. The SMILES string of the molecule is c1ccc(-c2ccc(-c3nc(-c4ccc(-c5ccccc5)cc4)nc(-c4ccc5c(c4)sc4cccc(-c6ccccc6)c45)n3)cc2)cc1. The average molecular weight is 644 g/mol. The lowest BCUT2D eigenvalue weighted by atomic mass is 9.99. The Balaban J connectivity index is 1.16. The predicted molar refractivity (Wildman–Crippen MR) is 205 cm³/mol. The molecule has 2 heterocycles. The number of hydrogen-bond acceptors (Lipinski definition) is 4. The first-order chi connectivity index (χ1) is 24.3. The second-order valence-electron chi connectivity index (χ2n) is 12.1. The number of fused-ring (bicyclic) bond motifs is 3. The molecule has 230 valence electrons. The molecule has 0 N–H and O–H groups in total. The van der Waals surface area contributed by atoms with Gasteiger partial charge in [-0.3, -0.25) is 0 Å². The number of nitrogens with zero attached hydrogens (tertiary/aromatic N) is 3. The summed E-state index contributed by atoms with van der Waals surface area (Å²) in [7, 11) is 0. The number of hydrogen-bond donors (Lipinski definition) is 0. The molecule has 49 heavy (non-hydrogen) atoms. The molecule has 3 nitrogen and oxygen atoms in total. The van der Waals surface area contributed by atoms with E-state index < -0.39 is 0 Å². The van der Waals surface area contributed by atoms with Gasteiger partial charge in [-0.1, -0.05) is 164 Å². The molecule has 0 bridgehead atoms. The van der Waals surface area contributed by atoms with Gasteiger partial charge in [-0.15, -0.1) is 11.3 Å². The molecular weight excluding hydrogens is 615 g/mol. The zero-order valence-corrected chi connectivity index (χ0v) is 27.3. The van der Waals surface area contributed by atoms with E-state index in [2.05, 4.69) is 164 Å². The van der Waals surface area contributed by atoms with Gasteiger partial charge in [-0.25, -0.2) is 15.0 Å². The van der Waals surface area contributed by atoms with E-state index in [0.717, 1.165) is 27.8 Å². The van der Waals surface area contributed by atoms with E-state index in [4.69, 9.17) is 15.0 Å². The van der Waals surface area contributed by atoms with Crippen molar-refractivity contribution in [3.05, 3.63) is 176 Å². The molecule has 9 aromatic rings. The van der Waals surface area contributed by atoms with Crippen molar-refractivity contribution in [2.24, 2.45) is 0 Å². The van der Waals surface area contributed by atoms with Gasteiger partial charge in [0.1, 0.15) is 0 Å². The molecule has 0 spiro atoms. The average Bonchev–Trinajstić information content (AvgIpc) is 3.57. The van der Waals surface area contributed by atoms with Crippen LogP contribution in [0.4, 0.5) is 0 Å². The molecule has 0 atom stereocenters. The van der Waals surface area contributed by atoms with Crippen molar-refractivity contribution < 1.29 is 0 Å². The Morgan fingerprint density at radius 1 is 0.306 bits per heavy atom. The molecule has 0 unspecified atom stereocenters. The van der Waals surface area contributed by atoms with Crippen molar-refractivity contribution >= 4 is 31.5 Å². The molecule has 0 aliphatic rings. The maximum Gasteiger partial charge on any atom is 0.164 e. The summed E-state index contributed by atoms with van der Waals surface area (Å²) >= 11 is 1.81. The topological polar surface area (TPSA) is 38.7 Å². The highest BCUT2D eigenvalue weighted by molar-refractivity contribution is 7.26. The molecule has 0 radical (unpaired) electrons. The van der Waals surface area contributed by atoms with Crippen LogP contribution in [-0.2, 0) is 0 Å². The van der Waals surface area contributed by atoms with Crippen molar-refractivity contribution in [1.29, 1.82) is 0 Å². The highest BCUT2D eigenvalue weighted by atomic mass is 32.1. The van der Waals surface area contributed by atoms with E-state index in [0.29, 0.717) is 17.5 Å². The minimum Gasteiger partial charge on any atom is -0.208 e. The Morgan fingerprint density at radius 3 is 1.27 bits per heavy atom. The van der Waals surface area contributed by atoms with E-state index in [1.165, 1.54) is 42.4 Å². The van der Waals surface area contributed by atoms with Crippen LogP contribution in [0.1, 0.15) is 0 Å². The van der Waals surface area contributed by atoms with Crippen molar-refractivity contribution in [2.75, 3.05) is 0 Å². The van der Waals surface area contributed by atoms with Gasteiger partial charge in [0, 0.05) is 36.9 Å². The van der Waals surface area contributed by atoms with Gasteiger partial charge in [0.2, 0.25) is 0 Å². The normalized spacial score (nSPS) is 11.3. The number of benzene rings is 7. The summed E-state index contributed by atoms with van der Waals surface area (Å²) in [5.41, 5.74) is 9.99. The lowest BCUT2D eigenvalue weighted by molar-refractivity contribution is 1.07. The molecule has 0 aliphatic carbocycles. The van der Waals surface area contributed by atoms with Gasteiger partial charge in [-0.2, -0.15) is 0 Å². The zero-order valence-electron chi connectivity index (χ0n) is 26.5.